The summed E-state index contributed by atoms with van der Waals surface area (Å²) in [5.74, 6) is 0.175. The minimum absolute atomic E-state index is 0.104. The number of fused-ring (bicyclic) bond motifs is 1. The summed E-state index contributed by atoms with van der Waals surface area (Å²) in [6.07, 6.45) is 2.09. The van der Waals surface area contributed by atoms with Gasteiger partial charge in [0.2, 0.25) is 11.8 Å². The first-order valence-corrected chi connectivity index (χ1v) is 23.0. The van der Waals surface area contributed by atoms with Gasteiger partial charge in [0, 0.05) is 105 Å². The molecular formula is C48H55ClN10O6. The second kappa shape index (κ2) is 17.4. The molecule has 4 aromatic rings. The van der Waals surface area contributed by atoms with Crippen molar-refractivity contribution >= 4 is 57.5 Å². The average molecular weight is 903 g/mol. The number of hydrogen-bond donors (Lipinski definition) is 2. The largest absolute Gasteiger partial charge is 0.489 e. The summed E-state index contributed by atoms with van der Waals surface area (Å²) in [6.45, 7) is 15.8. The third kappa shape index (κ3) is 8.52. The van der Waals surface area contributed by atoms with Crippen molar-refractivity contribution in [1.29, 1.82) is 5.26 Å². The van der Waals surface area contributed by atoms with E-state index < -0.39 is 17.5 Å². The Balaban J connectivity index is 0.702. The van der Waals surface area contributed by atoms with Crippen LogP contribution in [0.4, 0.5) is 11.4 Å². The number of amides is 4. The summed E-state index contributed by atoms with van der Waals surface area (Å²) in [4.78, 5) is 73.5. The van der Waals surface area contributed by atoms with Crippen molar-refractivity contribution in [3.8, 4) is 11.8 Å². The zero-order valence-corrected chi connectivity index (χ0v) is 38.0. The quantitative estimate of drug-likeness (QED) is 0.214. The number of carbonyl (C=O) groups is 4. The summed E-state index contributed by atoms with van der Waals surface area (Å²) in [5, 5.41) is 23.6. The van der Waals surface area contributed by atoms with Gasteiger partial charge in [0.25, 0.3) is 17.4 Å². The maximum atomic E-state index is 13.5. The highest BCUT2D eigenvalue weighted by atomic mass is 35.5. The van der Waals surface area contributed by atoms with Crippen LogP contribution in [0.1, 0.15) is 75.3 Å². The number of nitrogens with one attached hydrogen (secondary N) is 2. The number of ether oxygens (including phenoxy) is 1. The normalized spacial score (nSPS) is 23.6. The smallest absolute Gasteiger partial charge is 0.278 e. The Morgan fingerprint density at radius 3 is 2.23 bits per heavy atom. The second-order valence-corrected chi connectivity index (χ2v) is 19.9. The van der Waals surface area contributed by atoms with Crippen LogP contribution in [0, 0.1) is 34.0 Å². The highest BCUT2D eigenvalue weighted by Gasteiger charge is 2.64. The monoisotopic (exact) mass is 902 g/mol. The van der Waals surface area contributed by atoms with Crippen molar-refractivity contribution in [2.24, 2.45) is 22.7 Å². The van der Waals surface area contributed by atoms with Crippen LogP contribution >= 0.6 is 11.6 Å². The lowest BCUT2D eigenvalue weighted by atomic mass is 9.49. The lowest BCUT2D eigenvalue weighted by Gasteiger charge is -2.63. The van der Waals surface area contributed by atoms with Gasteiger partial charge in [-0.15, -0.1) is 5.10 Å². The molecule has 4 aliphatic heterocycles. The number of piperidine rings is 2. The summed E-state index contributed by atoms with van der Waals surface area (Å²) in [6, 6.07) is 19.4. The van der Waals surface area contributed by atoms with E-state index in [9.17, 15) is 29.2 Å². The van der Waals surface area contributed by atoms with E-state index in [1.165, 1.54) is 0 Å². The molecule has 3 aromatic carbocycles. The van der Waals surface area contributed by atoms with Crippen molar-refractivity contribution in [2.45, 2.75) is 71.6 Å². The zero-order chi connectivity index (χ0) is 45.8. The van der Waals surface area contributed by atoms with Gasteiger partial charge >= 0.3 is 0 Å². The van der Waals surface area contributed by atoms with Gasteiger partial charge in [0.1, 0.15) is 29.5 Å². The highest BCUT2D eigenvalue weighted by molar-refractivity contribution is 6.31. The first-order chi connectivity index (χ1) is 31.1. The van der Waals surface area contributed by atoms with E-state index in [1.807, 2.05) is 35.2 Å². The molecule has 17 heteroatoms. The number of halogens is 1. The fourth-order valence-corrected chi connectivity index (χ4v) is 11.2. The van der Waals surface area contributed by atoms with Gasteiger partial charge in [-0.1, -0.05) is 44.5 Å². The number of likely N-dealkylation sites (tertiary alicyclic amines) is 1. The molecule has 1 saturated carbocycles. The van der Waals surface area contributed by atoms with Crippen LogP contribution in [0.2, 0.25) is 5.02 Å². The van der Waals surface area contributed by atoms with Gasteiger partial charge in [-0.2, -0.15) is 9.94 Å². The second-order valence-electron chi connectivity index (χ2n) is 19.5. The van der Waals surface area contributed by atoms with E-state index in [0.717, 1.165) is 74.7 Å². The topological polar surface area (TPSA) is 186 Å². The Labute approximate surface area is 382 Å². The fourth-order valence-electron chi connectivity index (χ4n) is 11.0. The molecule has 2 N–H and O–H groups in total. The molecule has 0 spiro atoms. The molecule has 9 rings (SSSR count). The third-order valence-corrected chi connectivity index (χ3v) is 14.8. The Hall–Kier alpha value is -6.05. The van der Waals surface area contributed by atoms with Gasteiger partial charge < -0.3 is 24.8 Å². The number of imide groups is 1. The Morgan fingerprint density at radius 1 is 0.877 bits per heavy atom. The van der Waals surface area contributed by atoms with E-state index in [-0.39, 0.29) is 59.5 Å². The van der Waals surface area contributed by atoms with Crippen molar-refractivity contribution in [3.05, 3.63) is 87.2 Å². The van der Waals surface area contributed by atoms with Gasteiger partial charge in [-0.3, -0.25) is 34.2 Å². The molecule has 5 fully saturated rings. The molecule has 5 aliphatic rings. The minimum atomic E-state index is -0.887. The van der Waals surface area contributed by atoms with E-state index >= 15 is 0 Å². The number of hydrogen-bond acceptors (Lipinski definition) is 12. The van der Waals surface area contributed by atoms with Crippen molar-refractivity contribution in [1.82, 2.24) is 35.4 Å². The van der Waals surface area contributed by atoms with E-state index in [0.29, 0.717) is 51.8 Å². The molecule has 1 unspecified atom stereocenters. The predicted molar refractivity (Wildman–Crippen MR) is 245 cm³/mol. The van der Waals surface area contributed by atoms with Crippen molar-refractivity contribution < 1.29 is 23.9 Å². The number of rotatable bonds is 10. The number of piperazine rings is 1. The molecule has 0 bridgehead atoms. The van der Waals surface area contributed by atoms with E-state index in [4.69, 9.17) is 16.3 Å². The predicted octanol–water partition coefficient (Wildman–Crippen LogP) is 4.40. The van der Waals surface area contributed by atoms with Gasteiger partial charge in [-0.25, -0.2) is 0 Å². The van der Waals surface area contributed by atoms with Gasteiger partial charge in [-0.05, 0) is 79.8 Å². The SMILES string of the molecule is CC1(C)[C@H](NC(=O)c2ccc(N3CCN(CC4CCN(C(=O)C5CN(c6ccc7nnn(C8CCC(=O)NC8=O)c(=O)c7c6)C5)CC4)CC3)cc2)C(C)(C)[C@H]1Oc1ccc(C#N)c(Cl)c1. The first kappa shape index (κ1) is 44.2. The molecule has 340 valence electrons. The summed E-state index contributed by atoms with van der Waals surface area (Å²) >= 11 is 6.26. The van der Waals surface area contributed by atoms with Crippen molar-refractivity contribution in [3.63, 3.8) is 0 Å². The highest BCUT2D eigenvalue weighted by Crippen LogP contribution is 2.55. The van der Waals surface area contributed by atoms with Crippen molar-refractivity contribution in [2.75, 3.05) is 68.7 Å². The maximum absolute atomic E-state index is 13.5. The lowest BCUT2D eigenvalue weighted by Crippen LogP contribution is -2.74. The van der Waals surface area contributed by atoms with Crippen LogP contribution < -0.4 is 30.7 Å². The number of carbonyl (C=O) groups excluding carboxylic acids is 4. The molecule has 4 amide bonds. The summed E-state index contributed by atoms with van der Waals surface area (Å²) < 4.78 is 7.45. The third-order valence-electron chi connectivity index (χ3n) is 14.5. The van der Waals surface area contributed by atoms with E-state index in [2.05, 4.69) is 69.4 Å². The van der Waals surface area contributed by atoms with Crippen LogP contribution in [0.5, 0.6) is 5.75 Å². The number of benzene rings is 3. The van der Waals surface area contributed by atoms with E-state index in [1.54, 1.807) is 30.3 Å². The van der Waals surface area contributed by atoms with Crippen LogP contribution in [0.25, 0.3) is 10.9 Å². The Morgan fingerprint density at radius 2 is 1.57 bits per heavy atom. The molecular weight excluding hydrogens is 848 g/mol. The van der Waals surface area contributed by atoms with Gasteiger partial charge in [0.05, 0.1) is 21.9 Å². The van der Waals surface area contributed by atoms with Crippen LogP contribution in [-0.4, -0.2) is 119 Å². The number of aromatic nitrogens is 3. The number of nitriles is 1. The zero-order valence-electron chi connectivity index (χ0n) is 37.3. The lowest BCUT2D eigenvalue weighted by molar-refractivity contribution is -0.164. The number of anilines is 2. The molecule has 1 atom stereocenters. The minimum Gasteiger partial charge on any atom is -0.489 e. The first-order valence-electron chi connectivity index (χ1n) is 22.6. The molecule has 16 nitrogen and oxygen atoms in total. The maximum Gasteiger partial charge on any atom is 0.278 e. The summed E-state index contributed by atoms with van der Waals surface area (Å²) in [5.41, 5.74) is 2.20. The average Bonchev–Trinajstić information content (AvgIpc) is 3.28. The molecule has 1 aromatic heterocycles. The van der Waals surface area contributed by atoms with Crippen LogP contribution in [-0.2, 0) is 14.4 Å². The Bertz CT molecular complexity index is 2610. The van der Waals surface area contributed by atoms with Gasteiger partial charge in [0.15, 0.2) is 0 Å². The fraction of sp³-hybridized carbons (Fsp3) is 0.500. The number of nitrogens with zero attached hydrogens (tertiary/aromatic N) is 8. The molecule has 0 radical (unpaired) electrons. The molecule has 5 heterocycles. The molecule has 65 heavy (non-hydrogen) atoms. The molecule has 4 saturated heterocycles. The summed E-state index contributed by atoms with van der Waals surface area (Å²) in [7, 11) is 0. The molecule has 1 aliphatic carbocycles. The Kier molecular flexibility index (Phi) is 11.8. The standard InChI is InChI=1S/C48H55ClN10O6/c1-47(2)45(48(3,4)46(47)65-35-11-7-31(25-50)37(49)24-35)52-41(61)30-5-8-33(9-6-30)56-21-19-55(20-22-56)26-29-15-17-57(18-16-29)43(63)32-27-58(28-32)34-10-12-38-36(23-34)44(64)59(54-53-38)39-13-14-40(60)51-42(39)62/h5-12,23-24,29,32,39,45-46H,13-22,26-28H2,1-4H3,(H,52,61)(H,51,60,62)/t39?,45-,46-. The van der Waals surface area contributed by atoms with Crippen LogP contribution in [0.3, 0.4) is 0 Å². The van der Waals surface area contributed by atoms with Crippen LogP contribution in [0.15, 0.2) is 65.5 Å².